The molecular weight excluding hydrogens is 266 g/mol. The molecule has 1 N–H and O–H groups in total. The predicted molar refractivity (Wildman–Crippen MR) is 82.2 cm³/mol. The molecule has 0 aromatic carbocycles. The molecule has 0 radical (unpaired) electrons. The standard InChI is InChI=1S/C15H23N5O/c1-19(2)14-13-15(17-9-16-14)20(10-18-13)7-11-3-5-12(8-21)6-4-11/h9-12,21H,3-8H2,1-2H3. The molecule has 1 aliphatic rings. The van der Waals surface area contributed by atoms with Gasteiger partial charge < -0.3 is 14.6 Å². The Morgan fingerprint density at radius 2 is 1.86 bits per heavy atom. The fraction of sp³-hybridized carbons (Fsp3) is 0.667. The first-order valence-electron chi connectivity index (χ1n) is 7.63. The fourth-order valence-electron chi connectivity index (χ4n) is 3.20. The molecule has 3 rings (SSSR count). The second-order valence-electron chi connectivity index (χ2n) is 6.23. The van der Waals surface area contributed by atoms with Crippen LogP contribution >= 0.6 is 0 Å². The summed E-state index contributed by atoms with van der Waals surface area (Å²) < 4.78 is 2.15. The molecule has 0 atom stereocenters. The summed E-state index contributed by atoms with van der Waals surface area (Å²) in [6.07, 6.45) is 8.10. The number of rotatable bonds is 4. The lowest BCUT2D eigenvalue weighted by Gasteiger charge is -2.27. The lowest BCUT2D eigenvalue weighted by Crippen LogP contribution is -2.20. The number of hydrogen-bond donors (Lipinski definition) is 1. The summed E-state index contributed by atoms with van der Waals surface area (Å²) in [5.41, 5.74) is 1.78. The van der Waals surface area contributed by atoms with Crippen molar-refractivity contribution < 1.29 is 5.11 Å². The largest absolute Gasteiger partial charge is 0.396 e. The van der Waals surface area contributed by atoms with E-state index in [1.807, 2.05) is 25.3 Å². The maximum Gasteiger partial charge on any atom is 0.165 e. The monoisotopic (exact) mass is 289 g/mol. The molecular formula is C15H23N5O. The van der Waals surface area contributed by atoms with E-state index >= 15 is 0 Å². The van der Waals surface area contributed by atoms with E-state index in [1.165, 1.54) is 12.8 Å². The number of aliphatic hydroxyl groups is 1. The molecule has 0 unspecified atom stereocenters. The van der Waals surface area contributed by atoms with Crippen molar-refractivity contribution in [1.29, 1.82) is 0 Å². The van der Waals surface area contributed by atoms with Crippen LogP contribution in [0.5, 0.6) is 0 Å². The van der Waals surface area contributed by atoms with Gasteiger partial charge in [-0.3, -0.25) is 0 Å². The third-order valence-electron chi connectivity index (χ3n) is 4.48. The first kappa shape index (κ1) is 14.3. The van der Waals surface area contributed by atoms with Gasteiger partial charge in [-0.25, -0.2) is 15.0 Å². The second kappa shape index (κ2) is 5.97. The number of hydrogen-bond acceptors (Lipinski definition) is 5. The molecule has 0 aliphatic heterocycles. The second-order valence-corrected chi connectivity index (χ2v) is 6.23. The van der Waals surface area contributed by atoms with E-state index in [2.05, 4.69) is 19.5 Å². The molecule has 6 nitrogen and oxygen atoms in total. The van der Waals surface area contributed by atoms with Crippen molar-refractivity contribution in [3.63, 3.8) is 0 Å². The third-order valence-corrected chi connectivity index (χ3v) is 4.48. The number of aliphatic hydroxyl groups excluding tert-OH is 1. The smallest absolute Gasteiger partial charge is 0.165 e. The zero-order chi connectivity index (χ0) is 14.8. The van der Waals surface area contributed by atoms with Crippen LogP contribution in [-0.4, -0.2) is 45.3 Å². The Labute approximate surface area is 124 Å². The maximum absolute atomic E-state index is 9.22. The first-order valence-corrected chi connectivity index (χ1v) is 7.63. The molecule has 1 aliphatic carbocycles. The van der Waals surface area contributed by atoms with Gasteiger partial charge in [-0.1, -0.05) is 0 Å². The number of anilines is 1. The van der Waals surface area contributed by atoms with E-state index in [-0.39, 0.29) is 0 Å². The van der Waals surface area contributed by atoms with Crippen LogP contribution < -0.4 is 4.90 Å². The van der Waals surface area contributed by atoms with Crippen LogP contribution in [0.15, 0.2) is 12.7 Å². The Morgan fingerprint density at radius 1 is 1.14 bits per heavy atom. The van der Waals surface area contributed by atoms with Crippen molar-refractivity contribution in [3.8, 4) is 0 Å². The van der Waals surface area contributed by atoms with Crippen LogP contribution in [0.4, 0.5) is 5.82 Å². The topological polar surface area (TPSA) is 67.1 Å². The average Bonchev–Trinajstić information content (AvgIpc) is 2.91. The molecule has 2 heterocycles. The molecule has 2 aromatic rings. The van der Waals surface area contributed by atoms with E-state index in [0.717, 1.165) is 36.4 Å². The molecule has 1 saturated carbocycles. The van der Waals surface area contributed by atoms with Crippen molar-refractivity contribution in [1.82, 2.24) is 19.5 Å². The first-order chi connectivity index (χ1) is 10.2. The lowest BCUT2D eigenvalue weighted by atomic mass is 9.82. The molecule has 6 heteroatoms. The van der Waals surface area contributed by atoms with Crippen molar-refractivity contribution in [2.45, 2.75) is 32.2 Å². The predicted octanol–water partition coefficient (Wildman–Crippen LogP) is 1.69. The van der Waals surface area contributed by atoms with Gasteiger partial charge in [0.15, 0.2) is 17.0 Å². The van der Waals surface area contributed by atoms with Gasteiger partial charge in [0.25, 0.3) is 0 Å². The van der Waals surface area contributed by atoms with Crippen molar-refractivity contribution in [2.75, 3.05) is 25.6 Å². The minimum atomic E-state index is 0.333. The van der Waals surface area contributed by atoms with Gasteiger partial charge in [0.2, 0.25) is 0 Å². The maximum atomic E-state index is 9.22. The van der Waals surface area contributed by atoms with Gasteiger partial charge in [0, 0.05) is 27.2 Å². The Balaban J connectivity index is 1.78. The highest BCUT2D eigenvalue weighted by atomic mass is 16.3. The Kier molecular flexibility index (Phi) is 4.05. The van der Waals surface area contributed by atoms with Gasteiger partial charge in [-0.05, 0) is 37.5 Å². The van der Waals surface area contributed by atoms with Crippen LogP contribution in [-0.2, 0) is 6.54 Å². The number of fused-ring (bicyclic) bond motifs is 1. The molecule has 0 amide bonds. The summed E-state index contributed by atoms with van der Waals surface area (Å²) in [6.45, 7) is 1.29. The van der Waals surface area contributed by atoms with Crippen molar-refractivity contribution in [3.05, 3.63) is 12.7 Å². The van der Waals surface area contributed by atoms with E-state index in [1.54, 1.807) is 6.33 Å². The van der Waals surface area contributed by atoms with Gasteiger partial charge in [0.05, 0.1) is 6.33 Å². The average molecular weight is 289 g/mol. The van der Waals surface area contributed by atoms with Gasteiger partial charge in [-0.2, -0.15) is 0 Å². The van der Waals surface area contributed by atoms with Crippen LogP contribution in [0.1, 0.15) is 25.7 Å². The molecule has 114 valence electrons. The molecule has 0 bridgehead atoms. The summed E-state index contributed by atoms with van der Waals surface area (Å²) in [7, 11) is 3.94. The number of imidazole rings is 1. The third kappa shape index (κ3) is 2.85. The highest BCUT2D eigenvalue weighted by Crippen LogP contribution is 2.30. The minimum absolute atomic E-state index is 0.333. The lowest BCUT2D eigenvalue weighted by molar-refractivity contribution is 0.161. The Bertz CT molecular complexity index is 601. The highest BCUT2D eigenvalue weighted by Gasteiger charge is 2.22. The quantitative estimate of drug-likeness (QED) is 0.927. The summed E-state index contributed by atoms with van der Waals surface area (Å²) in [4.78, 5) is 15.2. The van der Waals surface area contributed by atoms with Gasteiger partial charge >= 0.3 is 0 Å². The molecule has 0 spiro atoms. The number of nitrogens with zero attached hydrogens (tertiary/aromatic N) is 5. The van der Waals surface area contributed by atoms with E-state index in [9.17, 15) is 5.11 Å². The Morgan fingerprint density at radius 3 is 2.52 bits per heavy atom. The summed E-state index contributed by atoms with van der Waals surface area (Å²) in [6, 6.07) is 0. The van der Waals surface area contributed by atoms with E-state index in [4.69, 9.17) is 0 Å². The highest BCUT2D eigenvalue weighted by molar-refractivity contribution is 5.82. The van der Waals surface area contributed by atoms with Crippen molar-refractivity contribution >= 4 is 17.0 Å². The SMILES string of the molecule is CN(C)c1ncnc2c1ncn2CC1CCC(CO)CC1. The Hall–Kier alpha value is -1.69. The molecule has 2 aromatic heterocycles. The molecule has 0 saturated heterocycles. The molecule has 1 fully saturated rings. The van der Waals surface area contributed by atoms with Crippen LogP contribution in [0.2, 0.25) is 0 Å². The van der Waals surface area contributed by atoms with E-state index < -0.39 is 0 Å². The van der Waals surface area contributed by atoms with Gasteiger partial charge in [-0.15, -0.1) is 0 Å². The number of aromatic nitrogens is 4. The van der Waals surface area contributed by atoms with E-state index in [0.29, 0.717) is 18.4 Å². The van der Waals surface area contributed by atoms with Crippen LogP contribution in [0.3, 0.4) is 0 Å². The van der Waals surface area contributed by atoms with Crippen molar-refractivity contribution in [2.24, 2.45) is 11.8 Å². The normalized spacial score (nSPS) is 22.6. The zero-order valence-corrected chi connectivity index (χ0v) is 12.7. The summed E-state index contributed by atoms with van der Waals surface area (Å²) >= 11 is 0. The minimum Gasteiger partial charge on any atom is -0.396 e. The summed E-state index contributed by atoms with van der Waals surface area (Å²) in [5.74, 6) is 2.02. The van der Waals surface area contributed by atoms with Crippen LogP contribution in [0, 0.1) is 11.8 Å². The zero-order valence-electron chi connectivity index (χ0n) is 12.7. The van der Waals surface area contributed by atoms with Crippen LogP contribution in [0.25, 0.3) is 11.2 Å². The molecule has 21 heavy (non-hydrogen) atoms. The fourth-order valence-corrected chi connectivity index (χ4v) is 3.20. The summed E-state index contributed by atoms with van der Waals surface area (Å²) in [5, 5.41) is 9.22. The van der Waals surface area contributed by atoms with Gasteiger partial charge in [0.1, 0.15) is 6.33 Å².